The van der Waals surface area contributed by atoms with Gasteiger partial charge < -0.3 is 5.32 Å². The molecule has 1 rings (SSSR count). The van der Waals surface area contributed by atoms with Crippen molar-refractivity contribution in [2.24, 2.45) is 5.92 Å². The lowest BCUT2D eigenvalue weighted by Crippen LogP contribution is -2.46. The Bertz CT molecular complexity index is 374. The lowest BCUT2D eigenvalue weighted by atomic mass is 9.93. The van der Waals surface area contributed by atoms with E-state index in [-0.39, 0.29) is 0 Å². The van der Waals surface area contributed by atoms with Crippen LogP contribution >= 0.6 is 0 Å². The molecule has 1 aromatic rings. The van der Waals surface area contributed by atoms with E-state index in [4.69, 9.17) is 0 Å². The minimum Gasteiger partial charge on any atom is -0.309 e. The molecule has 1 aromatic carbocycles. The van der Waals surface area contributed by atoms with Crippen molar-refractivity contribution < 1.29 is 0 Å². The molecular weight excluding hydrogens is 256 g/mol. The Morgan fingerprint density at radius 2 is 1.67 bits per heavy atom. The summed E-state index contributed by atoms with van der Waals surface area (Å²) in [4.78, 5) is 2.57. The van der Waals surface area contributed by atoms with Crippen LogP contribution < -0.4 is 5.32 Å². The Morgan fingerprint density at radius 3 is 2.14 bits per heavy atom. The standard InChI is InChI=1S/C19H34N2/c1-7-18(21(6)16(5)14-15(3)4)19(20-8-2)17-12-10-9-11-13-17/h9-13,15-16,18-20H,7-8,14H2,1-6H3. The maximum absolute atomic E-state index is 3.70. The zero-order valence-electron chi connectivity index (χ0n) is 14.8. The van der Waals surface area contributed by atoms with E-state index in [0.29, 0.717) is 18.1 Å². The predicted molar refractivity (Wildman–Crippen MR) is 93.6 cm³/mol. The fourth-order valence-electron chi connectivity index (χ4n) is 3.29. The molecule has 0 radical (unpaired) electrons. The lowest BCUT2D eigenvalue weighted by Gasteiger charge is -2.39. The average molecular weight is 290 g/mol. The average Bonchev–Trinajstić information content (AvgIpc) is 2.47. The number of likely N-dealkylation sites (N-methyl/N-ethyl adjacent to an activating group) is 2. The van der Waals surface area contributed by atoms with Gasteiger partial charge in [-0.05, 0) is 44.8 Å². The molecule has 0 fully saturated rings. The van der Waals surface area contributed by atoms with E-state index in [2.05, 4.69) is 82.2 Å². The highest BCUT2D eigenvalue weighted by Gasteiger charge is 2.27. The number of hydrogen-bond donors (Lipinski definition) is 1. The van der Waals surface area contributed by atoms with Gasteiger partial charge in [-0.15, -0.1) is 0 Å². The molecule has 0 saturated heterocycles. The van der Waals surface area contributed by atoms with Crippen LogP contribution in [-0.4, -0.2) is 30.6 Å². The molecule has 2 nitrogen and oxygen atoms in total. The predicted octanol–water partition coefficient (Wildman–Crippen LogP) is 4.48. The van der Waals surface area contributed by atoms with Gasteiger partial charge in [-0.25, -0.2) is 0 Å². The lowest BCUT2D eigenvalue weighted by molar-refractivity contribution is 0.128. The van der Waals surface area contributed by atoms with E-state index in [9.17, 15) is 0 Å². The van der Waals surface area contributed by atoms with E-state index < -0.39 is 0 Å². The first-order valence-corrected chi connectivity index (χ1v) is 8.51. The fourth-order valence-corrected chi connectivity index (χ4v) is 3.29. The Kier molecular flexibility index (Phi) is 7.98. The van der Waals surface area contributed by atoms with Gasteiger partial charge in [0.1, 0.15) is 0 Å². The second-order valence-corrected chi connectivity index (χ2v) is 6.57. The van der Waals surface area contributed by atoms with E-state index >= 15 is 0 Å². The molecule has 0 aliphatic rings. The molecule has 0 saturated carbocycles. The van der Waals surface area contributed by atoms with Crippen molar-refractivity contribution in [1.82, 2.24) is 10.2 Å². The van der Waals surface area contributed by atoms with E-state index in [1.54, 1.807) is 0 Å². The van der Waals surface area contributed by atoms with Crippen molar-refractivity contribution in [3.63, 3.8) is 0 Å². The van der Waals surface area contributed by atoms with Crippen LogP contribution in [0.15, 0.2) is 30.3 Å². The topological polar surface area (TPSA) is 15.3 Å². The number of nitrogens with one attached hydrogen (secondary N) is 1. The molecule has 0 aliphatic carbocycles. The summed E-state index contributed by atoms with van der Waals surface area (Å²) in [6, 6.07) is 12.4. The molecular formula is C19H34N2. The zero-order valence-corrected chi connectivity index (χ0v) is 14.8. The van der Waals surface area contributed by atoms with Crippen LogP contribution in [0.4, 0.5) is 0 Å². The normalized spacial score (nSPS) is 16.2. The summed E-state index contributed by atoms with van der Waals surface area (Å²) in [5.74, 6) is 0.745. The van der Waals surface area contributed by atoms with Crippen LogP contribution in [0.25, 0.3) is 0 Å². The number of nitrogens with zero attached hydrogens (tertiary/aromatic N) is 1. The van der Waals surface area contributed by atoms with Crippen LogP contribution in [0.1, 0.15) is 59.1 Å². The second-order valence-electron chi connectivity index (χ2n) is 6.57. The van der Waals surface area contributed by atoms with Gasteiger partial charge in [0.2, 0.25) is 0 Å². The van der Waals surface area contributed by atoms with Gasteiger partial charge in [-0.2, -0.15) is 0 Å². The Balaban J connectivity index is 2.91. The highest BCUT2D eigenvalue weighted by atomic mass is 15.2. The highest BCUT2D eigenvalue weighted by Crippen LogP contribution is 2.25. The molecule has 0 aliphatic heterocycles. The van der Waals surface area contributed by atoms with Crippen molar-refractivity contribution in [3.05, 3.63) is 35.9 Å². The van der Waals surface area contributed by atoms with Crippen LogP contribution in [0.3, 0.4) is 0 Å². The number of benzene rings is 1. The first-order valence-electron chi connectivity index (χ1n) is 8.51. The van der Waals surface area contributed by atoms with Crippen LogP contribution in [0.2, 0.25) is 0 Å². The monoisotopic (exact) mass is 290 g/mol. The zero-order chi connectivity index (χ0) is 15.8. The van der Waals surface area contributed by atoms with Gasteiger partial charge in [-0.3, -0.25) is 4.90 Å². The minimum atomic E-state index is 0.404. The van der Waals surface area contributed by atoms with Crippen molar-refractivity contribution in [2.75, 3.05) is 13.6 Å². The first kappa shape index (κ1) is 18.2. The summed E-state index contributed by atoms with van der Waals surface area (Å²) in [6.07, 6.45) is 2.41. The van der Waals surface area contributed by atoms with E-state index in [0.717, 1.165) is 18.9 Å². The van der Waals surface area contributed by atoms with Gasteiger partial charge in [0, 0.05) is 18.1 Å². The second kappa shape index (κ2) is 9.22. The van der Waals surface area contributed by atoms with Crippen LogP contribution in [-0.2, 0) is 0 Å². The molecule has 3 unspecified atom stereocenters. The summed E-state index contributed by atoms with van der Waals surface area (Å²) < 4.78 is 0. The van der Waals surface area contributed by atoms with E-state index in [1.807, 2.05) is 0 Å². The van der Waals surface area contributed by atoms with Gasteiger partial charge >= 0.3 is 0 Å². The maximum atomic E-state index is 3.70. The molecule has 3 atom stereocenters. The minimum absolute atomic E-state index is 0.404. The molecule has 0 heterocycles. The fraction of sp³-hybridized carbons (Fsp3) is 0.684. The molecule has 120 valence electrons. The van der Waals surface area contributed by atoms with Gasteiger partial charge in [-0.1, -0.05) is 58.0 Å². The Morgan fingerprint density at radius 1 is 1.05 bits per heavy atom. The van der Waals surface area contributed by atoms with Gasteiger partial charge in [0.25, 0.3) is 0 Å². The molecule has 1 N–H and O–H groups in total. The third kappa shape index (κ3) is 5.44. The largest absolute Gasteiger partial charge is 0.309 e. The smallest absolute Gasteiger partial charge is 0.0477 e. The third-order valence-electron chi connectivity index (χ3n) is 4.42. The maximum Gasteiger partial charge on any atom is 0.0477 e. The number of rotatable bonds is 9. The Labute approximate surface area is 131 Å². The molecule has 0 spiro atoms. The van der Waals surface area contributed by atoms with Crippen molar-refractivity contribution in [3.8, 4) is 0 Å². The summed E-state index contributed by atoms with van der Waals surface area (Å²) in [7, 11) is 2.29. The summed E-state index contributed by atoms with van der Waals surface area (Å²) in [6.45, 7) is 12.5. The highest BCUT2D eigenvalue weighted by molar-refractivity contribution is 5.20. The third-order valence-corrected chi connectivity index (χ3v) is 4.42. The van der Waals surface area contributed by atoms with Crippen molar-refractivity contribution in [2.45, 2.75) is 65.6 Å². The van der Waals surface area contributed by atoms with Crippen LogP contribution in [0, 0.1) is 5.92 Å². The molecule has 2 heteroatoms. The van der Waals surface area contributed by atoms with Gasteiger partial charge in [0.05, 0.1) is 0 Å². The SMILES string of the molecule is CCNC(c1ccccc1)C(CC)N(C)C(C)CC(C)C. The Hall–Kier alpha value is -0.860. The van der Waals surface area contributed by atoms with Gasteiger partial charge in [0.15, 0.2) is 0 Å². The number of hydrogen-bond acceptors (Lipinski definition) is 2. The summed E-state index contributed by atoms with van der Waals surface area (Å²) >= 11 is 0. The molecule has 0 aromatic heterocycles. The van der Waals surface area contributed by atoms with Crippen molar-refractivity contribution >= 4 is 0 Å². The quantitative estimate of drug-likeness (QED) is 0.721. The van der Waals surface area contributed by atoms with Crippen molar-refractivity contribution in [1.29, 1.82) is 0 Å². The summed E-state index contributed by atoms with van der Waals surface area (Å²) in [5.41, 5.74) is 1.40. The molecule has 21 heavy (non-hydrogen) atoms. The molecule has 0 amide bonds. The summed E-state index contributed by atoms with van der Waals surface area (Å²) in [5, 5.41) is 3.70. The molecule has 0 bridgehead atoms. The van der Waals surface area contributed by atoms with Crippen LogP contribution in [0.5, 0.6) is 0 Å². The first-order chi connectivity index (χ1) is 10.0. The van der Waals surface area contributed by atoms with E-state index in [1.165, 1.54) is 12.0 Å².